The third-order valence-electron chi connectivity index (χ3n) is 10.6. The number of aryl methyl sites for hydroxylation is 1. The molecule has 68 heavy (non-hydrogen) atoms. The lowest BCUT2D eigenvalue weighted by molar-refractivity contribution is -0.137. The number of carbonyl (C=O) groups is 9. The first-order valence-electron chi connectivity index (χ1n) is 20.4. The average molecular weight is 925 g/mol. The summed E-state index contributed by atoms with van der Waals surface area (Å²) >= 11 is 0. The molecule has 0 unspecified atom stereocenters. The number of hydrogen-bond acceptors (Lipinski definition) is 15. The Morgan fingerprint density at radius 1 is 0.397 bits per heavy atom. The zero-order valence-corrected chi connectivity index (χ0v) is 36.4. The summed E-state index contributed by atoms with van der Waals surface area (Å²) in [6.07, 6.45) is 4.42. The van der Waals surface area contributed by atoms with Crippen molar-refractivity contribution in [3.05, 3.63) is 183 Å². The summed E-state index contributed by atoms with van der Waals surface area (Å²) in [7, 11) is 0. The smallest absolute Gasteiger partial charge is 0.404 e. The van der Waals surface area contributed by atoms with E-state index < -0.39 is 91.8 Å². The fraction of sp³-hybridized carbons (Fsp3) is 0.100. The van der Waals surface area contributed by atoms with E-state index in [1.54, 1.807) is 24.3 Å². The molecule has 7 N–H and O–H groups in total. The molecule has 15 nitrogen and oxygen atoms in total. The molecule has 0 heterocycles. The van der Waals surface area contributed by atoms with Crippen LogP contribution in [0.5, 0.6) is 0 Å². The van der Waals surface area contributed by atoms with E-state index in [9.17, 15) is 56.3 Å². The van der Waals surface area contributed by atoms with Gasteiger partial charge in [-0.2, -0.15) is 13.2 Å². The average Bonchev–Trinajstić information content (AvgIpc) is 3.30. The summed E-state index contributed by atoms with van der Waals surface area (Å²) < 4.78 is 43.6. The van der Waals surface area contributed by atoms with E-state index in [4.69, 9.17) is 5.73 Å². The molecule has 3 aliphatic rings. The number of alkyl halides is 3. The van der Waals surface area contributed by atoms with Crippen LogP contribution in [-0.2, 0) is 49.3 Å². The molecule has 0 aromatic heterocycles. The second kappa shape index (κ2) is 20.0. The molecule has 6 rings (SSSR count). The van der Waals surface area contributed by atoms with Gasteiger partial charge in [0, 0.05) is 59.9 Å². The van der Waals surface area contributed by atoms with Crippen LogP contribution in [0.25, 0.3) is 0 Å². The number of nitrogens with two attached hydrogens (primary N) is 1. The number of ketones is 9. The van der Waals surface area contributed by atoms with E-state index in [2.05, 4.69) is 26.6 Å². The fourth-order valence-corrected chi connectivity index (χ4v) is 6.91. The van der Waals surface area contributed by atoms with E-state index in [1.165, 1.54) is 57.2 Å². The van der Waals surface area contributed by atoms with Crippen LogP contribution in [-0.4, -0.2) is 52.0 Å². The Bertz CT molecular complexity index is 3020. The second-order valence-corrected chi connectivity index (χ2v) is 14.9. The summed E-state index contributed by atoms with van der Waals surface area (Å²) in [6, 6.07) is 15.8. The third kappa shape index (κ3) is 9.79. The van der Waals surface area contributed by atoms with Gasteiger partial charge in [-0.1, -0.05) is 35.9 Å². The highest BCUT2D eigenvalue weighted by Gasteiger charge is 2.41. The van der Waals surface area contributed by atoms with Gasteiger partial charge in [-0.25, -0.2) is 0 Å². The SMILES string of the molecule is C/C=C1\C(=O)/C(=C/Nc2ccc(N/C=C3\C(=O)/C(=C/C)C(=O)/C(=C/Nc4ccc(N/C=C5/C(=O)/C(=C\Nc6ccc(C)cc6)C(=O)/C(=C\C)C5=O)cc4C(F)(F)F)C3=O)cc2)C(=O)/C(=C/N)C1=O. The van der Waals surface area contributed by atoms with E-state index in [-0.39, 0.29) is 33.6 Å². The number of benzene rings is 3. The molecule has 18 heteroatoms. The molecule has 0 saturated heterocycles. The molecule has 0 atom stereocenters. The van der Waals surface area contributed by atoms with E-state index >= 15 is 0 Å². The molecule has 0 amide bonds. The van der Waals surface area contributed by atoms with Gasteiger partial charge >= 0.3 is 6.18 Å². The molecule has 3 aromatic carbocycles. The van der Waals surface area contributed by atoms with Crippen LogP contribution in [0.3, 0.4) is 0 Å². The van der Waals surface area contributed by atoms with Gasteiger partial charge in [0.1, 0.15) is 0 Å². The number of halogens is 3. The molecule has 0 bridgehead atoms. The van der Waals surface area contributed by atoms with Crippen molar-refractivity contribution in [2.45, 2.75) is 33.9 Å². The van der Waals surface area contributed by atoms with Gasteiger partial charge in [-0.15, -0.1) is 0 Å². The van der Waals surface area contributed by atoms with E-state index in [0.29, 0.717) is 23.1 Å². The number of allylic oxidation sites excluding steroid dienone is 12. The molecule has 0 spiro atoms. The normalized spacial score (nSPS) is 21.5. The van der Waals surface area contributed by atoms with Gasteiger partial charge < -0.3 is 32.3 Å². The molecular weight excluding hydrogens is 886 g/mol. The lowest BCUT2D eigenvalue weighted by atomic mass is 9.83. The van der Waals surface area contributed by atoms with Crippen LogP contribution in [0.4, 0.5) is 41.6 Å². The third-order valence-corrected chi connectivity index (χ3v) is 10.6. The topological polar surface area (TPSA) is 240 Å². The van der Waals surface area contributed by atoms with Gasteiger partial charge in [0.2, 0.25) is 52.0 Å². The number of carbonyl (C=O) groups excluding carboxylic acids is 9. The molecule has 3 aromatic rings. The zero-order valence-electron chi connectivity index (χ0n) is 36.4. The van der Waals surface area contributed by atoms with Crippen LogP contribution >= 0.6 is 0 Å². The Morgan fingerprint density at radius 2 is 0.676 bits per heavy atom. The summed E-state index contributed by atoms with van der Waals surface area (Å²) in [5.74, 6) is -8.28. The van der Waals surface area contributed by atoms with Crippen LogP contribution < -0.4 is 32.3 Å². The molecule has 0 radical (unpaired) electrons. The highest BCUT2D eigenvalue weighted by Crippen LogP contribution is 2.37. The molecular formula is C50H39F3N6O9. The van der Waals surface area contributed by atoms with Crippen molar-refractivity contribution in [3.63, 3.8) is 0 Å². The summed E-state index contributed by atoms with van der Waals surface area (Å²) in [5, 5.41) is 13.3. The Labute approximate surface area is 385 Å². The Balaban J connectivity index is 1.20. The molecule has 3 fully saturated rings. The number of anilines is 5. The fourth-order valence-electron chi connectivity index (χ4n) is 6.91. The van der Waals surface area contributed by atoms with E-state index in [0.717, 1.165) is 61.0 Å². The monoisotopic (exact) mass is 924 g/mol. The van der Waals surface area contributed by atoms with Crippen LogP contribution in [0.1, 0.15) is 31.9 Å². The number of Topliss-reactive ketones (excluding diaryl/α,β-unsaturated/α-hetero) is 9. The van der Waals surface area contributed by atoms with Gasteiger partial charge in [-0.3, -0.25) is 43.2 Å². The highest BCUT2D eigenvalue weighted by molar-refractivity contribution is 6.53. The van der Waals surface area contributed by atoms with Crippen molar-refractivity contribution in [3.8, 4) is 0 Å². The lowest BCUT2D eigenvalue weighted by Gasteiger charge is -2.19. The quantitative estimate of drug-likeness (QED) is 0.0912. The first kappa shape index (κ1) is 48.4. The molecule has 3 saturated carbocycles. The van der Waals surface area contributed by atoms with Gasteiger partial charge in [-0.05, 0) is 82.3 Å². The summed E-state index contributed by atoms with van der Waals surface area (Å²) in [4.78, 5) is 118. The number of nitrogens with one attached hydrogen (secondary N) is 5. The van der Waals surface area contributed by atoms with Gasteiger partial charge in [0.15, 0.2) is 0 Å². The largest absolute Gasteiger partial charge is 0.418 e. The Kier molecular flexibility index (Phi) is 14.2. The van der Waals surface area contributed by atoms with Crippen molar-refractivity contribution in [1.29, 1.82) is 0 Å². The van der Waals surface area contributed by atoms with Crippen molar-refractivity contribution in [2.75, 3.05) is 26.6 Å². The van der Waals surface area contributed by atoms with Crippen LogP contribution in [0.15, 0.2) is 172 Å². The Hall–Kier alpha value is -9.06. The maximum Gasteiger partial charge on any atom is 0.418 e. The minimum absolute atomic E-state index is 0.219. The number of rotatable bonds is 10. The molecule has 0 aliphatic heterocycles. The second-order valence-electron chi connectivity index (χ2n) is 14.9. The van der Waals surface area contributed by atoms with Crippen molar-refractivity contribution >= 4 is 80.5 Å². The highest BCUT2D eigenvalue weighted by atomic mass is 19.4. The standard InChI is InChI=1S/C50H39F3N6O9/c1-5-30-41(60)33(19-54)47(66)34(42(30)61)20-56-27-12-14-28(15-13-27)57-22-36-44(63)32(7-3)46(65)38(49(36)68)24-59-40-17-16-29(18-39(40)50(51,52)53)58-23-37-45(64)31(6-2)43(62)35(48(37)67)21-55-26-10-8-25(4)9-11-26/h5-24,55-59H,54H2,1-4H3/b30-5-,31-6+,32-7-,33-19+,34-20-,35-21-,36-22+,37-23+,38-24-. The van der Waals surface area contributed by atoms with Crippen LogP contribution in [0, 0.1) is 6.92 Å². The van der Waals surface area contributed by atoms with Crippen molar-refractivity contribution in [1.82, 2.24) is 0 Å². The van der Waals surface area contributed by atoms with Gasteiger partial charge in [0.05, 0.1) is 61.4 Å². The first-order chi connectivity index (χ1) is 32.3. The number of hydrogen-bond donors (Lipinski definition) is 6. The van der Waals surface area contributed by atoms with Crippen LogP contribution in [0.2, 0.25) is 0 Å². The predicted octanol–water partition coefficient (Wildman–Crippen LogP) is 6.74. The maximum absolute atomic E-state index is 14.5. The summed E-state index contributed by atoms with van der Waals surface area (Å²) in [5.41, 5.74) is 1.78. The minimum Gasteiger partial charge on any atom is -0.404 e. The maximum atomic E-state index is 14.5. The zero-order chi connectivity index (χ0) is 49.6. The molecule has 3 aliphatic carbocycles. The van der Waals surface area contributed by atoms with Gasteiger partial charge in [0.25, 0.3) is 0 Å². The van der Waals surface area contributed by atoms with Crippen molar-refractivity contribution < 1.29 is 56.3 Å². The Morgan fingerprint density at radius 3 is 1.01 bits per heavy atom. The van der Waals surface area contributed by atoms with E-state index in [1.807, 2.05) is 6.92 Å². The van der Waals surface area contributed by atoms with Crippen molar-refractivity contribution in [2.24, 2.45) is 5.73 Å². The molecule has 344 valence electrons. The minimum atomic E-state index is -5.03. The first-order valence-corrected chi connectivity index (χ1v) is 20.4. The predicted molar refractivity (Wildman–Crippen MR) is 246 cm³/mol. The lowest BCUT2D eigenvalue weighted by Crippen LogP contribution is -2.32. The summed E-state index contributed by atoms with van der Waals surface area (Å²) in [6.45, 7) is 6.13.